The van der Waals surface area contributed by atoms with E-state index >= 15 is 0 Å². The van der Waals surface area contributed by atoms with Crippen molar-refractivity contribution in [1.82, 2.24) is 0 Å². The summed E-state index contributed by atoms with van der Waals surface area (Å²) in [5.41, 5.74) is 14.9. The summed E-state index contributed by atoms with van der Waals surface area (Å²) in [5, 5.41) is 9.05. The van der Waals surface area contributed by atoms with Gasteiger partial charge in [0.15, 0.2) is 0 Å². The van der Waals surface area contributed by atoms with Crippen molar-refractivity contribution in [3.05, 3.63) is 248 Å². The van der Waals surface area contributed by atoms with Gasteiger partial charge in [-0.05, 0) is 128 Å². The molecule has 0 saturated carbocycles. The molecule has 0 fully saturated rings. The number of nitrogens with zero attached hydrogens (tertiary/aromatic N) is 2. The molecule has 0 atom stereocenters. The highest BCUT2D eigenvalue weighted by atomic mass is 16.3. The predicted molar refractivity (Wildman–Crippen MR) is 280 cm³/mol. The minimum Gasteiger partial charge on any atom is -0.456 e. The number of rotatable bonds is 9. The van der Waals surface area contributed by atoms with Gasteiger partial charge in [-0.25, -0.2) is 0 Å². The molecule has 316 valence electrons. The molecule has 67 heavy (non-hydrogen) atoms. The van der Waals surface area contributed by atoms with Crippen molar-refractivity contribution in [3.63, 3.8) is 0 Å². The molecular weight excluding hydrogens is 817 g/mol. The Hall–Kier alpha value is -8.86. The molecular formula is C63H42N2O2. The van der Waals surface area contributed by atoms with E-state index in [4.69, 9.17) is 8.83 Å². The van der Waals surface area contributed by atoms with Crippen molar-refractivity contribution in [2.24, 2.45) is 0 Å². The van der Waals surface area contributed by atoms with Crippen LogP contribution in [0.25, 0.3) is 87.7 Å². The van der Waals surface area contributed by atoms with Crippen LogP contribution >= 0.6 is 0 Å². The molecule has 11 aromatic carbocycles. The van der Waals surface area contributed by atoms with Gasteiger partial charge in [0.2, 0.25) is 0 Å². The normalized spacial score (nSPS) is 11.6. The molecule has 0 unspecified atom stereocenters. The third-order valence-corrected chi connectivity index (χ3v) is 13.3. The Kier molecular flexibility index (Phi) is 9.21. The zero-order valence-electron chi connectivity index (χ0n) is 36.5. The minimum absolute atomic E-state index is 0.647. The number of anilines is 5. The summed E-state index contributed by atoms with van der Waals surface area (Å²) in [4.78, 5) is 4.85. The average Bonchev–Trinajstić information content (AvgIpc) is 3.96. The lowest BCUT2D eigenvalue weighted by atomic mass is 9.91. The smallest absolute Gasteiger partial charge is 0.137 e. The van der Waals surface area contributed by atoms with E-state index in [0.717, 1.165) is 77.7 Å². The molecule has 0 amide bonds. The first-order chi connectivity index (χ1) is 33.2. The van der Waals surface area contributed by atoms with Gasteiger partial charge in [-0.15, -0.1) is 0 Å². The van der Waals surface area contributed by atoms with Crippen molar-refractivity contribution in [2.45, 2.75) is 6.54 Å². The van der Waals surface area contributed by atoms with E-state index in [0.29, 0.717) is 6.54 Å². The molecule has 13 rings (SSSR count). The first-order valence-electron chi connectivity index (χ1n) is 22.9. The van der Waals surface area contributed by atoms with Crippen LogP contribution in [0.1, 0.15) is 5.56 Å². The lowest BCUT2D eigenvalue weighted by Gasteiger charge is -2.30. The van der Waals surface area contributed by atoms with E-state index in [1.165, 1.54) is 44.0 Å². The monoisotopic (exact) mass is 858 g/mol. The highest BCUT2D eigenvalue weighted by Gasteiger charge is 2.23. The van der Waals surface area contributed by atoms with Crippen molar-refractivity contribution >= 4 is 93.9 Å². The summed E-state index contributed by atoms with van der Waals surface area (Å²) < 4.78 is 12.9. The Bertz CT molecular complexity index is 3980. The molecule has 4 heteroatoms. The lowest BCUT2D eigenvalue weighted by molar-refractivity contribution is 0.669. The van der Waals surface area contributed by atoms with Gasteiger partial charge < -0.3 is 18.6 Å². The number of para-hydroxylation sites is 3. The van der Waals surface area contributed by atoms with E-state index in [2.05, 4.69) is 234 Å². The van der Waals surface area contributed by atoms with Crippen LogP contribution in [0.3, 0.4) is 0 Å². The first-order valence-corrected chi connectivity index (χ1v) is 22.9. The van der Waals surface area contributed by atoms with E-state index in [1.807, 2.05) is 18.2 Å². The van der Waals surface area contributed by atoms with Gasteiger partial charge >= 0.3 is 0 Å². The van der Waals surface area contributed by atoms with Crippen LogP contribution in [0.15, 0.2) is 251 Å². The van der Waals surface area contributed by atoms with Gasteiger partial charge in [-0.2, -0.15) is 0 Å². The molecule has 0 N–H and O–H groups in total. The van der Waals surface area contributed by atoms with Crippen molar-refractivity contribution in [2.75, 3.05) is 9.80 Å². The standard InChI is InChI=1S/C63H42N2O2/c1-3-17-42(18-4-1)50-24-9-10-26-52(50)51-25-8-7-19-45(51)41-64(46-20-5-2-6-21-46)47-22-15-23-48(38-47)65(58-29-16-32-61-63(58)54-28-12-14-31-60(54)66-61)49-36-35-43-33-34-44-37-62-57(40-56(44)55(43)39-49)53-27-11-13-30-59(53)67-62/h1-40H,41H2. The third kappa shape index (κ3) is 6.69. The molecule has 13 aromatic rings. The second-order valence-corrected chi connectivity index (χ2v) is 17.2. The van der Waals surface area contributed by atoms with Crippen molar-refractivity contribution in [1.29, 1.82) is 0 Å². The largest absolute Gasteiger partial charge is 0.456 e. The van der Waals surface area contributed by atoms with Crippen molar-refractivity contribution < 1.29 is 8.83 Å². The minimum atomic E-state index is 0.647. The third-order valence-electron chi connectivity index (χ3n) is 13.3. The van der Waals surface area contributed by atoms with Crippen LogP contribution in [0.4, 0.5) is 28.4 Å². The summed E-state index contributed by atoms with van der Waals surface area (Å²) >= 11 is 0. The Balaban J connectivity index is 1.00. The van der Waals surface area contributed by atoms with Crippen LogP contribution < -0.4 is 9.80 Å². The molecule has 0 aliphatic carbocycles. The van der Waals surface area contributed by atoms with Gasteiger partial charge in [0.25, 0.3) is 0 Å². The Morgan fingerprint density at radius 2 is 0.896 bits per heavy atom. The predicted octanol–water partition coefficient (Wildman–Crippen LogP) is 17.9. The molecule has 2 heterocycles. The number of hydrogen-bond acceptors (Lipinski definition) is 4. The van der Waals surface area contributed by atoms with Crippen LogP contribution in [0, 0.1) is 0 Å². The maximum absolute atomic E-state index is 6.54. The highest BCUT2D eigenvalue weighted by Crippen LogP contribution is 2.46. The van der Waals surface area contributed by atoms with Crippen LogP contribution in [-0.4, -0.2) is 0 Å². The number of benzene rings is 11. The van der Waals surface area contributed by atoms with Crippen LogP contribution in [-0.2, 0) is 6.54 Å². The lowest BCUT2D eigenvalue weighted by Crippen LogP contribution is -2.18. The summed E-state index contributed by atoms with van der Waals surface area (Å²) in [7, 11) is 0. The first kappa shape index (κ1) is 38.6. The summed E-state index contributed by atoms with van der Waals surface area (Å²) in [6, 6.07) is 86.9. The molecule has 4 nitrogen and oxygen atoms in total. The van der Waals surface area contributed by atoms with Crippen molar-refractivity contribution in [3.8, 4) is 22.3 Å². The molecule has 0 aliphatic rings. The molecule has 2 aromatic heterocycles. The van der Waals surface area contributed by atoms with Gasteiger partial charge in [-0.1, -0.05) is 164 Å². The second-order valence-electron chi connectivity index (χ2n) is 17.2. The molecule has 0 spiro atoms. The van der Waals surface area contributed by atoms with E-state index < -0.39 is 0 Å². The summed E-state index contributed by atoms with van der Waals surface area (Å²) in [5.74, 6) is 0. The van der Waals surface area contributed by atoms with Gasteiger partial charge in [0.05, 0.1) is 11.1 Å². The highest BCUT2D eigenvalue weighted by molar-refractivity contribution is 6.18. The van der Waals surface area contributed by atoms with E-state index in [-0.39, 0.29) is 0 Å². The molecule has 0 aliphatic heterocycles. The average molecular weight is 859 g/mol. The summed E-state index contributed by atoms with van der Waals surface area (Å²) in [6.45, 7) is 0.647. The zero-order chi connectivity index (χ0) is 44.3. The Morgan fingerprint density at radius 3 is 1.75 bits per heavy atom. The molecule has 0 bridgehead atoms. The number of fused-ring (bicyclic) bond motifs is 9. The number of furan rings is 2. The maximum atomic E-state index is 6.54. The van der Waals surface area contributed by atoms with Crippen LogP contribution in [0.2, 0.25) is 0 Å². The Labute approximate surface area is 387 Å². The number of hydrogen-bond donors (Lipinski definition) is 0. The Morgan fingerprint density at radius 1 is 0.313 bits per heavy atom. The molecule has 0 radical (unpaired) electrons. The van der Waals surface area contributed by atoms with Crippen LogP contribution in [0.5, 0.6) is 0 Å². The topological polar surface area (TPSA) is 32.8 Å². The zero-order valence-corrected chi connectivity index (χ0v) is 36.5. The SMILES string of the molecule is c1ccc(-c2ccccc2-c2ccccc2CN(c2ccccc2)c2cccc(N(c3ccc4ccc5cc6oc7ccccc7c6cc5c4c3)c3cccc4oc5ccccc5c34)c2)cc1. The van der Waals surface area contributed by atoms with E-state index in [9.17, 15) is 0 Å². The quantitative estimate of drug-likeness (QED) is 0.135. The second kappa shape index (κ2) is 16.0. The summed E-state index contributed by atoms with van der Waals surface area (Å²) in [6.07, 6.45) is 0. The van der Waals surface area contributed by atoms with Gasteiger partial charge in [0, 0.05) is 45.5 Å². The molecule has 0 saturated heterocycles. The fourth-order valence-corrected chi connectivity index (χ4v) is 10.2. The van der Waals surface area contributed by atoms with E-state index in [1.54, 1.807) is 0 Å². The van der Waals surface area contributed by atoms with Gasteiger partial charge in [0.1, 0.15) is 22.3 Å². The fourth-order valence-electron chi connectivity index (χ4n) is 10.2. The maximum Gasteiger partial charge on any atom is 0.137 e. The van der Waals surface area contributed by atoms with Gasteiger partial charge in [-0.3, -0.25) is 0 Å². The fraction of sp³-hybridized carbons (Fsp3) is 0.0159.